The fourth-order valence-corrected chi connectivity index (χ4v) is 9.95. The normalized spacial score (nSPS) is 16.1. The summed E-state index contributed by atoms with van der Waals surface area (Å²) >= 11 is 0. The number of aliphatic hydroxyl groups is 1. The number of halogens is 2. The van der Waals surface area contributed by atoms with E-state index in [9.17, 15) is 18.7 Å². The molecule has 0 aliphatic heterocycles. The van der Waals surface area contributed by atoms with Gasteiger partial charge in [0.1, 0.15) is 0 Å². The molecule has 2 saturated carbocycles. The van der Waals surface area contributed by atoms with Crippen LogP contribution in [0.2, 0.25) is 0 Å². The summed E-state index contributed by atoms with van der Waals surface area (Å²) in [5, 5.41) is 13.4. The van der Waals surface area contributed by atoms with Crippen LogP contribution in [0.4, 0.5) is 8.78 Å². The second-order valence-corrected chi connectivity index (χ2v) is 19.0. The Hall–Kier alpha value is -4.58. The minimum atomic E-state index is -2.83. The first kappa shape index (κ1) is 47.5. The number of benzene rings is 4. The van der Waals surface area contributed by atoms with E-state index in [1.165, 1.54) is 75.3 Å². The van der Waals surface area contributed by atoms with Crippen molar-refractivity contribution in [1.29, 1.82) is 0 Å². The third-order valence-corrected chi connectivity index (χ3v) is 13.5. The van der Waals surface area contributed by atoms with Crippen LogP contribution >= 0.6 is 0 Å². The summed E-state index contributed by atoms with van der Waals surface area (Å²) in [5.41, 5.74) is 10.4. The molecule has 0 amide bonds. The van der Waals surface area contributed by atoms with Gasteiger partial charge >= 0.3 is 0 Å². The van der Waals surface area contributed by atoms with Gasteiger partial charge in [-0.1, -0.05) is 123 Å². The van der Waals surface area contributed by atoms with Crippen LogP contribution < -0.4 is 0 Å². The predicted molar refractivity (Wildman–Crippen MR) is 271 cm³/mol. The van der Waals surface area contributed by atoms with Gasteiger partial charge in [0, 0.05) is 56.8 Å². The zero-order valence-corrected chi connectivity index (χ0v) is 43.3. The van der Waals surface area contributed by atoms with Gasteiger partial charge in [-0.25, -0.2) is 8.78 Å². The molecule has 0 spiro atoms. The standard InChI is InChI=1S/2C23H24N.C14H24F2O2.Ir/c2*1-16-12-17(2)14-21(13-16)23-22-9-8-19(15-20(22)10-11-24-23)18-6-4-3-5-7-18;1-5-10(6-2)12(17)8-13(18)11(7-3)9-14(4,15)16;/h2*8-13,15,18H,3-7H2,1-2H3;8,10-11,18H,5-7,9H2,1-4H3;/q2*-1;;/b;;13-8-;/i2*10D,11D;;. The average molecular weight is 1090 g/mol. The zero-order chi connectivity index (χ0) is 50.9. The number of aromatic nitrogens is 2. The summed E-state index contributed by atoms with van der Waals surface area (Å²) in [4.78, 5) is 20.7. The van der Waals surface area contributed by atoms with Gasteiger partial charge in [0.05, 0.1) is 11.2 Å². The number of pyridine rings is 2. The van der Waals surface area contributed by atoms with Crippen molar-refractivity contribution in [2.75, 3.05) is 0 Å². The van der Waals surface area contributed by atoms with Crippen molar-refractivity contribution >= 4 is 27.3 Å². The van der Waals surface area contributed by atoms with Gasteiger partial charge in [-0.3, -0.25) is 4.79 Å². The quantitative estimate of drug-likeness (QED) is 0.0754. The molecular weight excluding hydrogens is 1010 g/mol. The Morgan fingerprint density at radius 2 is 1.12 bits per heavy atom. The third-order valence-electron chi connectivity index (χ3n) is 13.5. The molecule has 2 heterocycles. The number of alkyl halides is 2. The van der Waals surface area contributed by atoms with E-state index in [0.717, 1.165) is 79.3 Å². The Labute approximate surface area is 419 Å². The molecule has 2 aliphatic carbocycles. The number of carbonyl (C=O) groups is 1. The number of ketones is 1. The van der Waals surface area contributed by atoms with Gasteiger partial charge in [0.15, 0.2) is 5.78 Å². The van der Waals surface area contributed by atoms with Crippen LogP contribution in [0, 0.1) is 51.7 Å². The van der Waals surface area contributed by atoms with Crippen molar-refractivity contribution in [2.24, 2.45) is 11.8 Å². The van der Waals surface area contributed by atoms with Crippen molar-refractivity contribution in [3.63, 3.8) is 0 Å². The molecular formula is C60H72F2IrN2O2-2. The maximum atomic E-state index is 12.9. The van der Waals surface area contributed by atoms with Gasteiger partial charge in [0.25, 0.3) is 0 Å². The van der Waals surface area contributed by atoms with Crippen LogP contribution in [0.5, 0.6) is 0 Å². The molecule has 6 aromatic rings. The van der Waals surface area contributed by atoms with Crippen LogP contribution in [0.3, 0.4) is 0 Å². The van der Waals surface area contributed by atoms with Crippen LogP contribution in [0.15, 0.2) is 96.9 Å². The fourth-order valence-electron chi connectivity index (χ4n) is 9.95. The van der Waals surface area contributed by atoms with Crippen LogP contribution in [0.1, 0.15) is 168 Å². The maximum Gasteiger partial charge on any atom is 0.246 e. The maximum absolute atomic E-state index is 12.9. The first-order valence-corrected chi connectivity index (χ1v) is 24.5. The molecule has 8 rings (SSSR count). The Kier molecular flexibility index (Phi) is 17.8. The van der Waals surface area contributed by atoms with Crippen molar-refractivity contribution < 1.29 is 44.3 Å². The SMILES string of the molecule is CCC(CC)C(=O)/C=C(\O)C(CC)CC(C)(F)F.[2H]c1nc(-c2[c-]c(C)cc(C)c2)c2ccc(C3CCCCC3)cc2c1[2H].[2H]c1nc(-c2[c-]c(C)cc(C)c2)c2ccc(C3CCCCC3)cc2c1[2H].[Ir]. The number of allylic oxidation sites excluding steroid dienone is 2. The number of hydrogen-bond acceptors (Lipinski definition) is 4. The largest absolute Gasteiger partial charge is 0.512 e. The molecule has 359 valence electrons. The van der Waals surface area contributed by atoms with Crippen molar-refractivity contribution in [3.8, 4) is 22.5 Å². The summed E-state index contributed by atoms with van der Waals surface area (Å²) in [7, 11) is 0. The van der Waals surface area contributed by atoms with E-state index >= 15 is 0 Å². The molecule has 0 saturated heterocycles. The van der Waals surface area contributed by atoms with E-state index in [-0.39, 0.29) is 62.0 Å². The minimum Gasteiger partial charge on any atom is -0.512 e. The van der Waals surface area contributed by atoms with Gasteiger partial charge in [-0.15, -0.1) is 69.8 Å². The van der Waals surface area contributed by atoms with E-state index in [1.807, 2.05) is 27.7 Å². The van der Waals surface area contributed by atoms with Gasteiger partial charge in [-0.05, 0) is 120 Å². The van der Waals surface area contributed by atoms with Crippen LogP contribution in [-0.2, 0) is 24.9 Å². The number of rotatable bonds is 12. The zero-order valence-electron chi connectivity index (χ0n) is 44.9. The molecule has 1 radical (unpaired) electrons. The Morgan fingerprint density at radius 3 is 1.49 bits per heavy atom. The molecule has 1 atom stereocenters. The molecule has 1 N–H and O–H groups in total. The minimum absolute atomic E-state index is 0. The van der Waals surface area contributed by atoms with E-state index in [4.69, 9.17) is 5.48 Å². The van der Waals surface area contributed by atoms with Gasteiger partial charge in [-0.2, -0.15) is 0 Å². The molecule has 67 heavy (non-hydrogen) atoms. The molecule has 2 fully saturated rings. The first-order valence-electron chi connectivity index (χ1n) is 26.5. The molecule has 7 heteroatoms. The first-order chi connectivity index (χ1) is 33.3. The summed E-state index contributed by atoms with van der Waals surface area (Å²) in [6, 6.07) is 28.4. The summed E-state index contributed by atoms with van der Waals surface area (Å²) < 4.78 is 59.0. The van der Waals surface area contributed by atoms with E-state index in [0.29, 0.717) is 31.1 Å². The number of aliphatic hydroxyl groups excluding tert-OH is 1. The predicted octanol–water partition coefficient (Wildman–Crippen LogP) is 17.2. The van der Waals surface area contributed by atoms with Crippen molar-refractivity contribution in [2.45, 2.75) is 163 Å². The number of aryl methyl sites for hydroxylation is 4. The van der Waals surface area contributed by atoms with E-state index in [1.54, 1.807) is 6.92 Å². The monoisotopic (exact) mass is 1090 g/mol. The number of fused-ring (bicyclic) bond motifs is 2. The van der Waals surface area contributed by atoms with Gasteiger partial charge < -0.3 is 15.1 Å². The second-order valence-electron chi connectivity index (χ2n) is 19.0. The summed E-state index contributed by atoms with van der Waals surface area (Å²) in [5.74, 6) is -2.82. The van der Waals surface area contributed by atoms with E-state index in [2.05, 4.69) is 96.6 Å². The van der Waals surface area contributed by atoms with Crippen LogP contribution in [0.25, 0.3) is 44.1 Å². The summed E-state index contributed by atoms with van der Waals surface area (Å²) in [6.07, 6.45) is 15.3. The Bertz CT molecular complexity index is 2610. The fraction of sp³-hybridized carbons (Fsp3) is 0.450. The molecule has 4 aromatic carbocycles. The third kappa shape index (κ3) is 15.0. The van der Waals surface area contributed by atoms with Gasteiger partial charge in [0.2, 0.25) is 5.92 Å². The summed E-state index contributed by atoms with van der Waals surface area (Å²) in [6.45, 7) is 14.5. The van der Waals surface area contributed by atoms with Crippen molar-refractivity contribution in [3.05, 3.63) is 142 Å². The Balaban J connectivity index is 0.000000201. The molecule has 2 aliphatic rings. The molecule has 1 unspecified atom stereocenters. The van der Waals surface area contributed by atoms with Crippen LogP contribution in [-0.4, -0.2) is 26.8 Å². The van der Waals surface area contributed by atoms with Crippen molar-refractivity contribution in [1.82, 2.24) is 9.97 Å². The molecule has 4 nitrogen and oxygen atoms in total. The average Bonchev–Trinajstić information content (AvgIpc) is 3.33. The Morgan fingerprint density at radius 1 is 0.701 bits per heavy atom. The molecule has 0 bridgehead atoms. The number of carbonyl (C=O) groups excluding carboxylic acids is 1. The second kappa shape index (κ2) is 25.1. The van der Waals surface area contributed by atoms with E-state index < -0.39 is 18.3 Å². The number of hydrogen-bond donors (Lipinski definition) is 1. The number of nitrogens with zero attached hydrogens (tertiary/aromatic N) is 2. The topological polar surface area (TPSA) is 63.1 Å². The molecule has 2 aromatic heterocycles. The smallest absolute Gasteiger partial charge is 0.246 e.